The predicted octanol–water partition coefficient (Wildman–Crippen LogP) is 1.07. The van der Waals surface area contributed by atoms with Crippen LogP contribution >= 0.6 is 0 Å². The van der Waals surface area contributed by atoms with Gasteiger partial charge in [-0.15, -0.1) is 0 Å². The van der Waals surface area contributed by atoms with Crippen LogP contribution in [0.5, 0.6) is 0 Å². The van der Waals surface area contributed by atoms with Gasteiger partial charge >= 0.3 is 0 Å². The normalized spacial score (nSPS) is 17.1. The number of nitrogens with zero attached hydrogens (tertiary/aromatic N) is 6. The highest BCUT2D eigenvalue weighted by molar-refractivity contribution is 5.98. The summed E-state index contributed by atoms with van der Waals surface area (Å²) in [5, 5.41) is 7.39. The van der Waals surface area contributed by atoms with Gasteiger partial charge in [-0.25, -0.2) is 9.97 Å². The van der Waals surface area contributed by atoms with E-state index in [9.17, 15) is 4.79 Å². The molecule has 1 saturated heterocycles. The minimum atomic E-state index is 0.0175. The highest BCUT2D eigenvalue weighted by Crippen LogP contribution is 2.24. The quantitative estimate of drug-likeness (QED) is 0.704. The summed E-state index contributed by atoms with van der Waals surface area (Å²) >= 11 is 0. The molecule has 0 radical (unpaired) electrons. The molecule has 0 atom stereocenters. The number of fused-ring (bicyclic) bond motifs is 3. The van der Waals surface area contributed by atoms with Crippen LogP contribution in [0.25, 0.3) is 11.0 Å². The highest BCUT2D eigenvalue weighted by atomic mass is 16.2. The van der Waals surface area contributed by atoms with Crippen molar-refractivity contribution in [2.45, 2.75) is 6.54 Å². The second kappa shape index (κ2) is 6.75. The monoisotopic (exact) mass is 378 g/mol. The van der Waals surface area contributed by atoms with E-state index in [0.29, 0.717) is 24.0 Å². The van der Waals surface area contributed by atoms with Crippen molar-refractivity contribution in [3.8, 4) is 0 Å². The molecule has 5 heterocycles. The average Bonchev–Trinajstić information content (AvgIpc) is 3.11. The number of rotatable bonds is 3. The molecule has 3 aromatic rings. The second-order valence-corrected chi connectivity index (χ2v) is 7.14. The Morgan fingerprint density at radius 2 is 1.93 bits per heavy atom. The van der Waals surface area contributed by atoms with Gasteiger partial charge in [0.2, 0.25) is 5.95 Å². The minimum Gasteiger partial charge on any atom is -0.368 e. The number of hydrogen-bond acceptors (Lipinski definition) is 7. The van der Waals surface area contributed by atoms with Crippen molar-refractivity contribution >= 4 is 34.4 Å². The maximum atomic E-state index is 12.3. The molecule has 0 unspecified atom stereocenters. The lowest BCUT2D eigenvalue weighted by atomic mass is 10.3. The third-order valence-corrected chi connectivity index (χ3v) is 5.33. The summed E-state index contributed by atoms with van der Waals surface area (Å²) in [5.74, 6) is 1.19. The molecule has 0 aliphatic carbocycles. The summed E-state index contributed by atoms with van der Waals surface area (Å²) in [6, 6.07) is 5.86. The van der Waals surface area contributed by atoms with Crippen molar-refractivity contribution in [3.05, 3.63) is 36.3 Å². The summed E-state index contributed by atoms with van der Waals surface area (Å²) in [6.07, 6.45) is 3.62. The summed E-state index contributed by atoms with van der Waals surface area (Å²) in [7, 11) is 1.82. The molecule has 0 saturated carbocycles. The number of hydrogen-bond donors (Lipinski definition) is 2. The molecule has 2 N–H and O–H groups in total. The number of carbonyl (C=O) groups excluding carboxylic acids is 1. The maximum Gasteiger partial charge on any atom is 0.270 e. The largest absolute Gasteiger partial charge is 0.368 e. The van der Waals surface area contributed by atoms with Gasteiger partial charge in [0.05, 0.1) is 11.9 Å². The smallest absolute Gasteiger partial charge is 0.270 e. The summed E-state index contributed by atoms with van der Waals surface area (Å²) in [5.41, 5.74) is 2.55. The molecule has 5 rings (SSSR count). The van der Waals surface area contributed by atoms with Crippen molar-refractivity contribution in [1.82, 2.24) is 29.7 Å². The van der Waals surface area contributed by atoms with Gasteiger partial charge in [-0.2, -0.15) is 4.98 Å². The van der Waals surface area contributed by atoms with E-state index < -0.39 is 0 Å². The second-order valence-electron chi connectivity index (χ2n) is 7.14. The van der Waals surface area contributed by atoms with Crippen molar-refractivity contribution in [3.63, 3.8) is 0 Å². The summed E-state index contributed by atoms with van der Waals surface area (Å²) in [4.78, 5) is 29.9. The first-order valence-corrected chi connectivity index (χ1v) is 9.49. The van der Waals surface area contributed by atoms with Crippen molar-refractivity contribution in [2.75, 3.05) is 50.0 Å². The van der Waals surface area contributed by atoms with Crippen LogP contribution in [0.2, 0.25) is 0 Å². The van der Waals surface area contributed by atoms with Crippen LogP contribution < -0.4 is 15.5 Å². The van der Waals surface area contributed by atoms with E-state index in [1.54, 1.807) is 11.1 Å². The maximum absolute atomic E-state index is 12.3. The Balaban J connectivity index is 1.39. The van der Waals surface area contributed by atoms with Gasteiger partial charge in [-0.3, -0.25) is 4.79 Å². The Morgan fingerprint density at radius 3 is 2.71 bits per heavy atom. The molecule has 9 nitrogen and oxygen atoms in total. The van der Waals surface area contributed by atoms with E-state index in [2.05, 4.69) is 36.6 Å². The van der Waals surface area contributed by atoms with Crippen molar-refractivity contribution in [2.24, 2.45) is 0 Å². The molecule has 3 aromatic heterocycles. The number of anilines is 3. The average molecular weight is 378 g/mol. The van der Waals surface area contributed by atoms with Gasteiger partial charge in [0.15, 0.2) is 0 Å². The first-order chi connectivity index (χ1) is 13.7. The number of nitrogens with one attached hydrogen (secondary N) is 2. The molecule has 1 fully saturated rings. The van der Waals surface area contributed by atoms with E-state index in [1.165, 1.54) is 0 Å². The fraction of sp³-hybridized carbons (Fsp3) is 0.368. The molecule has 2 aliphatic heterocycles. The number of pyridine rings is 1. The molecule has 28 heavy (non-hydrogen) atoms. The summed E-state index contributed by atoms with van der Waals surface area (Å²) in [6.45, 7) is 5.37. The fourth-order valence-corrected chi connectivity index (χ4v) is 3.73. The Morgan fingerprint density at radius 1 is 1.07 bits per heavy atom. The van der Waals surface area contributed by atoms with E-state index >= 15 is 0 Å². The fourth-order valence-electron chi connectivity index (χ4n) is 3.73. The topological polar surface area (TPSA) is 91.2 Å². The minimum absolute atomic E-state index is 0.0175. The van der Waals surface area contributed by atoms with Gasteiger partial charge in [-0.1, -0.05) is 0 Å². The molecule has 2 aliphatic rings. The van der Waals surface area contributed by atoms with E-state index in [-0.39, 0.29) is 5.91 Å². The zero-order chi connectivity index (χ0) is 19.1. The zero-order valence-corrected chi connectivity index (χ0v) is 15.7. The third kappa shape index (κ3) is 2.93. The SMILES string of the molecule is CN1CCn2c(cc3cnc(Nc4ccc(N5CCNCC5)cn4)nc32)C1=O. The first-order valence-electron chi connectivity index (χ1n) is 9.49. The zero-order valence-electron chi connectivity index (χ0n) is 15.7. The highest BCUT2D eigenvalue weighted by Gasteiger charge is 2.24. The van der Waals surface area contributed by atoms with Gasteiger partial charge in [0, 0.05) is 57.9 Å². The van der Waals surface area contributed by atoms with Crippen LogP contribution in [-0.2, 0) is 6.54 Å². The summed E-state index contributed by atoms with van der Waals surface area (Å²) < 4.78 is 1.96. The molecule has 9 heteroatoms. The number of aromatic nitrogens is 4. The number of likely N-dealkylation sites (N-methyl/N-ethyl adjacent to an activating group) is 1. The molecule has 0 bridgehead atoms. The predicted molar refractivity (Wildman–Crippen MR) is 107 cm³/mol. The Bertz CT molecular complexity index is 1020. The molecular formula is C19H22N8O. The lowest BCUT2D eigenvalue weighted by molar-refractivity contribution is 0.0751. The van der Waals surface area contributed by atoms with Gasteiger partial charge < -0.3 is 25.0 Å². The molecule has 0 aromatic carbocycles. The van der Waals surface area contributed by atoms with Crippen LogP contribution in [0.4, 0.5) is 17.5 Å². The first kappa shape index (κ1) is 16.9. The Hall–Kier alpha value is -3.20. The van der Waals surface area contributed by atoms with Gasteiger partial charge in [0.1, 0.15) is 17.2 Å². The van der Waals surface area contributed by atoms with E-state index in [1.807, 2.05) is 29.9 Å². The van der Waals surface area contributed by atoms with Crippen LogP contribution in [-0.4, -0.2) is 70.1 Å². The third-order valence-electron chi connectivity index (χ3n) is 5.33. The van der Waals surface area contributed by atoms with E-state index in [0.717, 1.165) is 49.4 Å². The van der Waals surface area contributed by atoms with Crippen LogP contribution in [0, 0.1) is 0 Å². The number of piperazine rings is 1. The molecule has 1 amide bonds. The number of carbonyl (C=O) groups is 1. The molecular weight excluding hydrogens is 356 g/mol. The molecule has 144 valence electrons. The standard InChI is InChI=1S/C19H22N8O/c1-25-8-9-27-15(18(25)28)10-13-11-22-19(24-17(13)27)23-16-3-2-14(12-21-16)26-6-4-20-5-7-26/h2-3,10-12,20H,4-9H2,1H3,(H,21,22,23,24). The van der Waals surface area contributed by atoms with Crippen LogP contribution in [0.15, 0.2) is 30.6 Å². The number of amides is 1. The van der Waals surface area contributed by atoms with Crippen molar-refractivity contribution < 1.29 is 4.79 Å². The lowest BCUT2D eigenvalue weighted by Gasteiger charge is -2.29. The van der Waals surface area contributed by atoms with E-state index in [4.69, 9.17) is 0 Å². The van der Waals surface area contributed by atoms with Gasteiger partial charge in [-0.05, 0) is 18.2 Å². The lowest BCUT2D eigenvalue weighted by Crippen LogP contribution is -2.43. The van der Waals surface area contributed by atoms with Crippen molar-refractivity contribution in [1.29, 1.82) is 0 Å². The molecule has 0 spiro atoms. The van der Waals surface area contributed by atoms with Crippen LogP contribution in [0.1, 0.15) is 10.5 Å². The van der Waals surface area contributed by atoms with Gasteiger partial charge in [0.25, 0.3) is 5.91 Å². The van der Waals surface area contributed by atoms with Crippen LogP contribution in [0.3, 0.4) is 0 Å². The Kier molecular flexibility index (Phi) is 4.09. The Labute approximate surface area is 162 Å².